The Morgan fingerprint density at radius 3 is 2.35 bits per heavy atom. The van der Waals surface area contributed by atoms with Crippen LogP contribution in [0.5, 0.6) is 5.75 Å². The maximum absolute atomic E-state index is 12.5. The maximum Gasteiger partial charge on any atom is 0.387 e. The molecule has 0 radical (unpaired) electrons. The van der Waals surface area contributed by atoms with Crippen LogP contribution in [-0.4, -0.2) is 38.7 Å². The minimum Gasteiger partial charge on any atom is -0.448 e. The Labute approximate surface area is 178 Å². The molecule has 0 aliphatic heterocycles. The van der Waals surface area contributed by atoms with E-state index in [1.807, 2.05) is 31.1 Å². The van der Waals surface area contributed by atoms with Crippen molar-refractivity contribution in [3.63, 3.8) is 0 Å². The van der Waals surface area contributed by atoms with Crippen molar-refractivity contribution >= 4 is 29.3 Å². The SMILES string of the molecule is C[C@H](OC(=O)/C(C#N)=C\c1ccc(N(C)C)cc1)C(=O)Nc1ccccc1OC(F)F. The number of carbonyl (C=O) groups is 2. The molecule has 1 atom stereocenters. The molecule has 31 heavy (non-hydrogen) atoms. The van der Waals surface area contributed by atoms with Gasteiger partial charge >= 0.3 is 12.6 Å². The first-order valence-corrected chi connectivity index (χ1v) is 9.16. The Morgan fingerprint density at radius 1 is 1.13 bits per heavy atom. The third-order valence-corrected chi connectivity index (χ3v) is 4.07. The lowest BCUT2D eigenvalue weighted by Crippen LogP contribution is -2.30. The number of nitrogens with zero attached hydrogens (tertiary/aromatic N) is 2. The van der Waals surface area contributed by atoms with Gasteiger partial charge in [-0.1, -0.05) is 24.3 Å². The molecule has 0 saturated heterocycles. The van der Waals surface area contributed by atoms with Gasteiger partial charge in [0, 0.05) is 19.8 Å². The number of halogens is 2. The van der Waals surface area contributed by atoms with Gasteiger partial charge in [0.25, 0.3) is 5.91 Å². The van der Waals surface area contributed by atoms with Crippen molar-refractivity contribution in [1.29, 1.82) is 5.26 Å². The quantitative estimate of drug-likeness (QED) is 0.390. The van der Waals surface area contributed by atoms with Crippen LogP contribution < -0.4 is 15.0 Å². The number of esters is 1. The molecule has 0 spiro atoms. The molecule has 1 amide bonds. The largest absolute Gasteiger partial charge is 0.448 e. The summed E-state index contributed by atoms with van der Waals surface area (Å²) in [6.45, 7) is -1.77. The van der Waals surface area contributed by atoms with E-state index in [9.17, 15) is 23.6 Å². The van der Waals surface area contributed by atoms with Gasteiger partial charge in [-0.3, -0.25) is 4.79 Å². The summed E-state index contributed by atoms with van der Waals surface area (Å²) in [5.74, 6) is -1.99. The Kier molecular flexibility index (Phi) is 8.09. The first kappa shape index (κ1) is 23.3. The zero-order valence-electron chi connectivity index (χ0n) is 17.1. The molecule has 0 unspecified atom stereocenters. The monoisotopic (exact) mass is 429 g/mol. The second-order valence-corrected chi connectivity index (χ2v) is 6.57. The van der Waals surface area contributed by atoms with E-state index < -0.39 is 24.6 Å². The number of alkyl halides is 2. The molecular formula is C22H21F2N3O4. The van der Waals surface area contributed by atoms with E-state index in [0.29, 0.717) is 5.56 Å². The summed E-state index contributed by atoms with van der Waals surface area (Å²) in [5, 5.41) is 11.7. The highest BCUT2D eigenvalue weighted by Crippen LogP contribution is 2.25. The summed E-state index contributed by atoms with van der Waals surface area (Å²) < 4.78 is 34.4. The summed E-state index contributed by atoms with van der Waals surface area (Å²) in [6, 6.07) is 14.5. The van der Waals surface area contributed by atoms with Crippen molar-refractivity contribution in [2.24, 2.45) is 0 Å². The Balaban J connectivity index is 2.06. The molecule has 0 aliphatic carbocycles. The zero-order chi connectivity index (χ0) is 23.0. The molecule has 0 bridgehead atoms. The van der Waals surface area contributed by atoms with Gasteiger partial charge < -0.3 is 19.7 Å². The molecule has 0 aliphatic rings. The molecule has 0 heterocycles. The van der Waals surface area contributed by atoms with Gasteiger partial charge in [0.1, 0.15) is 17.4 Å². The third-order valence-electron chi connectivity index (χ3n) is 4.07. The van der Waals surface area contributed by atoms with Crippen molar-refractivity contribution < 1.29 is 27.8 Å². The van der Waals surface area contributed by atoms with Crippen molar-refractivity contribution in [1.82, 2.24) is 0 Å². The predicted octanol–water partition coefficient (Wildman–Crippen LogP) is 3.83. The van der Waals surface area contributed by atoms with E-state index in [1.54, 1.807) is 18.2 Å². The lowest BCUT2D eigenvalue weighted by atomic mass is 10.1. The van der Waals surface area contributed by atoms with E-state index in [2.05, 4.69) is 10.1 Å². The molecule has 1 N–H and O–H groups in total. The van der Waals surface area contributed by atoms with Crippen LogP contribution in [0.1, 0.15) is 12.5 Å². The molecule has 2 aromatic carbocycles. The first-order chi connectivity index (χ1) is 14.7. The van der Waals surface area contributed by atoms with Gasteiger partial charge in [-0.25, -0.2) is 4.79 Å². The van der Waals surface area contributed by atoms with E-state index in [1.165, 1.54) is 37.3 Å². The van der Waals surface area contributed by atoms with Gasteiger partial charge in [-0.15, -0.1) is 0 Å². The average Bonchev–Trinajstić information content (AvgIpc) is 2.73. The van der Waals surface area contributed by atoms with E-state index in [4.69, 9.17) is 4.74 Å². The molecule has 0 aromatic heterocycles. The Hall–Kier alpha value is -3.93. The second kappa shape index (κ2) is 10.7. The van der Waals surface area contributed by atoms with Gasteiger partial charge in [-0.05, 0) is 42.8 Å². The summed E-state index contributed by atoms with van der Waals surface area (Å²) in [7, 11) is 3.76. The second-order valence-electron chi connectivity index (χ2n) is 6.57. The number of hydrogen-bond acceptors (Lipinski definition) is 6. The third kappa shape index (κ3) is 6.82. The van der Waals surface area contributed by atoms with E-state index in [0.717, 1.165) is 5.69 Å². The van der Waals surface area contributed by atoms with Crippen molar-refractivity contribution in [3.05, 3.63) is 59.7 Å². The van der Waals surface area contributed by atoms with Gasteiger partial charge in [0.2, 0.25) is 0 Å². The van der Waals surface area contributed by atoms with E-state index >= 15 is 0 Å². The summed E-state index contributed by atoms with van der Waals surface area (Å²) in [6.07, 6.45) is 0.0537. The van der Waals surface area contributed by atoms with Crippen molar-refractivity contribution in [2.75, 3.05) is 24.3 Å². The number of nitriles is 1. The van der Waals surface area contributed by atoms with Gasteiger partial charge in [0.15, 0.2) is 6.10 Å². The highest BCUT2D eigenvalue weighted by molar-refractivity contribution is 6.01. The van der Waals surface area contributed by atoms with Crippen molar-refractivity contribution in [3.8, 4) is 11.8 Å². The fraction of sp³-hybridized carbons (Fsp3) is 0.227. The predicted molar refractivity (Wildman–Crippen MR) is 112 cm³/mol. The normalized spacial score (nSPS) is 12.0. The standard InChI is InChI=1S/C22H21F2N3O4/c1-14(20(28)26-18-6-4-5-7-19(18)31-22(23)24)30-21(29)16(13-25)12-15-8-10-17(11-9-15)27(2)3/h4-12,14,22H,1-3H3,(H,26,28)/b16-12-/t14-/m0/s1. The Bertz CT molecular complexity index is 999. The lowest BCUT2D eigenvalue weighted by Gasteiger charge is -2.15. The molecule has 2 aromatic rings. The number of amides is 1. The molecule has 2 rings (SSSR count). The summed E-state index contributed by atoms with van der Waals surface area (Å²) in [4.78, 5) is 26.5. The van der Waals surface area contributed by atoms with Crippen LogP contribution in [0.3, 0.4) is 0 Å². The molecule has 0 fully saturated rings. The van der Waals surface area contributed by atoms with Crippen LogP contribution in [0.25, 0.3) is 6.08 Å². The molecule has 0 saturated carbocycles. The lowest BCUT2D eigenvalue weighted by molar-refractivity contribution is -0.148. The number of nitrogens with one attached hydrogen (secondary N) is 1. The zero-order valence-corrected chi connectivity index (χ0v) is 17.1. The Morgan fingerprint density at radius 2 is 1.77 bits per heavy atom. The number of rotatable bonds is 8. The minimum atomic E-state index is -3.07. The van der Waals surface area contributed by atoms with Crippen molar-refractivity contribution in [2.45, 2.75) is 19.6 Å². The molecule has 9 heteroatoms. The van der Waals surface area contributed by atoms with Crippen LogP contribution in [0, 0.1) is 11.3 Å². The van der Waals surface area contributed by atoms with Gasteiger partial charge in [0.05, 0.1) is 5.69 Å². The number of ether oxygens (including phenoxy) is 2. The summed E-state index contributed by atoms with van der Waals surface area (Å²) >= 11 is 0. The average molecular weight is 429 g/mol. The number of carbonyl (C=O) groups excluding carboxylic acids is 2. The van der Waals surface area contributed by atoms with Crippen LogP contribution in [0.4, 0.5) is 20.2 Å². The van der Waals surface area contributed by atoms with Crippen LogP contribution in [0.15, 0.2) is 54.1 Å². The van der Waals surface area contributed by atoms with Crippen LogP contribution in [-0.2, 0) is 14.3 Å². The smallest absolute Gasteiger partial charge is 0.387 e. The fourth-order valence-corrected chi connectivity index (χ4v) is 2.45. The number of benzene rings is 2. The molecule has 162 valence electrons. The number of para-hydroxylation sites is 2. The fourth-order valence-electron chi connectivity index (χ4n) is 2.45. The summed E-state index contributed by atoms with van der Waals surface area (Å²) in [5.41, 5.74) is 1.25. The maximum atomic E-state index is 12.5. The van der Waals surface area contributed by atoms with Crippen LogP contribution in [0.2, 0.25) is 0 Å². The van der Waals surface area contributed by atoms with E-state index in [-0.39, 0.29) is 17.0 Å². The molecular weight excluding hydrogens is 408 g/mol. The minimum absolute atomic E-state index is 0.00673. The van der Waals surface area contributed by atoms with Gasteiger partial charge in [-0.2, -0.15) is 14.0 Å². The highest BCUT2D eigenvalue weighted by atomic mass is 19.3. The highest BCUT2D eigenvalue weighted by Gasteiger charge is 2.22. The van der Waals surface area contributed by atoms with Crippen LogP contribution >= 0.6 is 0 Å². The number of anilines is 2. The first-order valence-electron chi connectivity index (χ1n) is 9.16. The number of hydrogen-bond donors (Lipinski definition) is 1. The molecule has 7 nitrogen and oxygen atoms in total. The topological polar surface area (TPSA) is 91.7 Å².